The Hall–Kier alpha value is -1.46. The van der Waals surface area contributed by atoms with Crippen molar-refractivity contribution in [2.45, 2.75) is 25.9 Å². The lowest BCUT2D eigenvalue weighted by Crippen LogP contribution is -2.47. The minimum atomic E-state index is -0.871. The van der Waals surface area contributed by atoms with E-state index in [-0.39, 0.29) is 17.5 Å². The van der Waals surface area contributed by atoms with E-state index < -0.39 is 18.0 Å². The Labute approximate surface area is 138 Å². The molecule has 1 amide bonds. The third-order valence-electron chi connectivity index (χ3n) is 3.65. The fourth-order valence-electron chi connectivity index (χ4n) is 2.45. The van der Waals surface area contributed by atoms with Crippen LogP contribution in [0.15, 0.2) is 18.2 Å². The van der Waals surface area contributed by atoms with Crippen molar-refractivity contribution in [2.75, 3.05) is 13.1 Å². The van der Waals surface area contributed by atoms with E-state index in [1.165, 1.54) is 4.90 Å². The van der Waals surface area contributed by atoms with Gasteiger partial charge in [0, 0.05) is 13.1 Å². The molecule has 1 N–H and O–H groups in total. The average Bonchev–Trinajstić information content (AvgIpc) is 2.51. The van der Waals surface area contributed by atoms with Crippen molar-refractivity contribution in [3.8, 4) is 5.75 Å². The molecule has 1 aromatic rings. The average molecular weight is 346 g/mol. The molecule has 2 rings (SSSR count). The number of aliphatic carboxylic acids is 1. The van der Waals surface area contributed by atoms with E-state index in [0.29, 0.717) is 30.2 Å². The second-order valence-corrected chi connectivity index (χ2v) is 6.06. The van der Waals surface area contributed by atoms with Crippen LogP contribution in [-0.2, 0) is 9.59 Å². The fraction of sp³-hybridized carbons (Fsp3) is 0.467. The van der Waals surface area contributed by atoms with E-state index in [1.807, 2.05) is 0 Å². The van der Waals surface area contributed by atoms with Crippen LogP contribution in [0.3, 0.4) is 0 Å². The molecule has 1 heterocycles. The maximum atomic E-state index is 12.4. The predicted octanol–water partition coefficient (Wildman–Crippen LogP) is 3.08. The van der Waals surface area contributed by atoms with Crippen molar-refractivity contribution >= 4 is 35.1 Å². The lowest BCUT2D eigenvalue weighted by atomic mass is 9.98. The molecule has 1 saturated heterocycles. The highest BCUT2D eigenvalue weighted by molar-refractivity contribution is 6.42. The number of amides is 1. The van der Waals surface area contributed by atoms with Gasteiger partial charge in [0.1, 0.15) is 10.8 Å². The van der Waals surface area contributed by atoms with Crippen molar-refractivity contribution < 1.29 is 19.4 Å². The first kappa shape index (κ1) is 16.9. The Morgan fingerprint density at radius 3 is 2.82 bits per heavy atom. The molecule has 0 saturated carbocycles. The van der Waals surface area contributed by atoms with Crippen molar-refractivity contribution in [3.63, 3.8) is 0 Å². The monoisotopic (exact) mass is 345 g/mol. The molecule has 0 aromatic heterocycles. The quantitative estimate of drug-likeness (QED) is 0.910. The highest BCUT2D eigenvalue weighted by Gasteiger charge is 2.31. The molecule has 1 aliphatic rings. The molecule has 22 heavy (non-hydrogen) atoms. The van der Waals surface area contributed by atoms with Crippen LogP contribution in [0.25, 0.3) is 0 Å². The Morgan fingerprint density at radius 2 is 2.14 bits per heavy atom. The maximum Gasteiger partial charge on any atom is 0.308 e. The summed E-state index contributed by atoms with van der Waals surface area (Å²) in [5, 5.41) is 9.68. The van der Waals surface area contributed by atoms with Gasteiger partial charge in [-0.1, -0.05) is 29.3 Å². The van der Waals surface area contributed by atoms with Gasteiger partial charge >= 0.3 is 5.97 Å². The van der Waals surface area contributed by atoms with E-state index in [4.69, 9.17) is 33.0 Å². The molecule has 0 bridgehead atoms. The summed E-state index contributed by atoms with van der Waals surface area (Å²) in [7, 11) is 0. The molecule has 2 atom stereocenters. The van der Waals surface area contributed by atoms with Crippen LogP contribution in [0.1, 0.15) is 19.8 Å². The minimum Gasteiger partial charge on any atom is -0.481 e. The second kappa shape index (κ2) is 7.20. The Balaban J connectivity index is 2.02. The normalized spacial score (nSPS) is 19.6. The van der Waals surface area contributed by atoms with E-state index >= 15 is 0 Å². The number of piperidine rings is 1. The first-order valence-electron chi connectivity index (χ1n) is 7.02. The lowest BCUT2D eigenvalue weighted by Gasteiger charge is -2.32. The molecule has 120 valence electrons. The third kappa shape index (κ3) is 3.84. The first-order valence-corrected chi connectivity index (χ1v) is 7.78. The summed E-state index contributed by atoms with van der Waals surface area (Å²) >= 11 is 11.9. The van der Waals surface area contributed by atoms with Gasteiger partial charge in [-0.25, -0.2) is 0 Å². The Kier molecular flexibility index (Phi) is 5.53. The van der Waals surface area contributed by atoms with Gasteiger partial charge in [0.15, 0.2) is 6.10 Å². The summed E-state index contributed by atoms with van der Waals surface area (Å²) in [4.78, 5) is 25.0. The SMILES string of the molecule is CC(Oc1cccc(Cl)c1Cl)C(=O)N1CCC[C@H](C(=O)O)C1. The highest BCUT2D eigenvalue weighted by atomic mass is 35.5. The maximum absolute atomic E-state index is 12.4. The van der Waals surface area contributed by atoms with Crippen molar-refractivity contribution in [3.05, 3.63) is 28.2 Å². The number of carbonyl (C=O) groups excluding carboxylic acids is 1. The number of carboxylic acids is 1. The smallest absolute Gasteiger partial charge is 0.308 e. The van der Waals surface area contributed by atoms with Crippen LogP contribution in [0.5, 0.6) is 5.75 Å². The molecular weight excluding hydrogens is 329 g/mol. The molecule has 5 nitrogen and oxygen atoms in total. The number of halogens is 2. The van der Waals surface area contributed by atoms with Crippen molar-refractivity contribution in [1.82, 2.24) is 4.90 Å². The van der Waals surface area contributed by atoms with Crippen LogP contribution in [0.4, 0.5) is 0 Å². The standard InChI is InChI=1S/C15H17Cl2NO4/c1-9(22-12-6-2-5-11(16)13(12)17)14(19)18-7-3-4-10(8-18)15(20)21/h2,5-6,9-10H,3-4,7-8H2,1H3,(H,20,21)/t9?,10-/m0/s1. The number of hydrogen-bond acceptors (Lipinski definition) is 3. The van der Waals surface area contributed by atoms with Crippen molar-refractivity contribution in [1.29, 1.82) is 0 Å². The van der Waals surface area contributed by atoms with Crippen LogP contribution >= 0.6 is 23.2 Å². The third-order valence-corrected chi connectivity index (χ3v) is 4.45. The zero-order valence-electron chi connectivity index (χ0n) is 12.1. The summed E-state index contributed by atoms with van der Waals surface area (Å²) in [6.07, 6.45) is 0.505. The largest absolute Gasteiger partial charge is 0.481 e. The molecule has 1 aromatic carbocycles. The second-order valence-electron chi connectivity index (χ2n) is 5.27. The van der Waals surface area contributed by atoms with Gasteiger partial charge < -0.3 is 14.7 Å². The summed E-state index contributed by atoms with van der Waals surface area (Å²) < 4.78 is 5.58. The van der Waals surface area contributed by atoms with Gasteiger partial charge in [-0.2, -0.15) is 0 Å². The molecule has 0 aliphatic carbocycles. The van der Waals surface area contributed by atoms with Gasteiger partial charge in [-0.3, -0.25) is 9.59 Å². The number of ether oxygens (including phenoxy) is 1. The molecule has 0 radical (unpaired) electrons. The summed E-state index contributed by atoms with van der Waals surface area (Å²) in [6, 6.07) is 4.95. The number of likely N-dealkylation sites (tertiary alicyclic amines) is 1. The number of rotatable bonds is 4. The van der Waals surface area contributed by atoms with E-state index in [0.717, 1.165) is 0 Å². The summed E-state index contributed by atoms with van der Waals surface area (Å²) in [5.74, 6) is -1.30. The van der Waals surface area contributed by atoms with E-state index in [2.05, 4.69) is 0 Å². The summed E-state index contributed by atoms with van der Waals surface area (Å²) in [6.45, 7) is 2.37. The lowest BCUT2D eigenvalue weighted by molar-refractivity contribution is -0.147. The number of benzene rings is 1. The first-order chi connectivity index (χ1) is 10.4. The zero-order chi connectivity index (χ0) is 16.3. The molecule has 7 heteroatoms. The van der Waals surface area contributed by atoms with E-state index in [1.54, 1.807) is 25.1 Å². The van der Waals surface area contributed by atoms with Crippen LogP contribution in [-0.4, -0.2) is 41.1 Å². The van der Waals surface area contributed by atoms with E-state index in [9.17, 15) is 9.59 Å². The van der Waals surface area contributed by atoms with Gasteiger partial charge in [0.2, 0.25) is 0 Å². The number of carbonyl (C=O) groups is 2. The van der Waals surface area contributed by atoms with Gasteiger partial charge in [-0.15, -0.1) is 0 Å². The van der Waals surface area contributed by atoms with Gasteiger partial charge in [0.05, 0.1) is 10.9 Å². The molecular formula is C15H17Cl2NO4. The Morgan fingerprint density at radius 1 is 1.41 bits per heavy atom. The topological polar surface area (TPSA) is 66.8 Å². The number of carboxylic acid groups (broad SMARTS) is 1. The van der Waals surface area contributed by atoms with Crippen molar-refractivity contribution in [2.24, 2.45) is 5.92 Å². The van der Waals surface area contributed by atoms with Gasteiger partial charge in [0.25, 0.3) is 5.91 Å². The molecule has 1 unspecified atom stereocenters. The zero-order valence-corrected chi connectivity index (χ0v) is 13.6. The highest BCUT2D eigenvalue weighted by Crippen LogP contribution is 2.32. The predicted molar refractivity (Wildman–Crippen MR) is 83.5 cm³/mol. The number of hydrogen-bond donors (Lipinski definition) is 1. The minimum absolute atomic E-state index is 0.213. The van der Waals surface area contributed by atoms with Crippen LogP contribution in [0.2, 0.25) is 10.0 Å². The molecule has 0 spiro atoms. The van der Waals surface area contributed by atoms with Gasteiger partial charge in [-0.05, 0) is 31.9 Å². The number of nitrogens with zero attached hydrogens (tertiary/aromatic N) is 1. The summed E-state index contributed by atoms with van der Waals surface area (Å²) in [5.41, 5.74) is 0. The van der Waals surface area contributed by atoms with Crippen LogP contribution in [0, 0.1) is 5.92 Å². The van der Waals surface area contributed by atoms with Crippen LogP contribution < -0.4 is 4.74 Å². The Bertz CT molecular complexity index is 579. The molecule has 1 fully saturated rings. The molecule has 1 aliphatic heterocycles. The fourth-order valence-corrected chi connectivity index (χ4v) is 2.79.